The topological polar surface area (TPSA) is 76.0 Å². The minimum Gasteiger partial charge on any atom is -0.497 e. The summed E-state index contributed by atoms with van der Waals surface area (Å²) in [7, 11) is -1.45. The van der Waals surface area contributed by atoms with Crippen LogP contribution in [0.3, 0.4) is 0 Å². The van der Waals surface area contributed by atoms with Crippen LogP contribution < -0.4 is 4.74 Å². The van der Waals surface area contributed by atoms with Crippen LogP contribution >= 0.6 is 23.4 Å². The van der Waals surface area contributed by atoms with E-state index in [9.17, 15) is 13.2 Å². The molecule has 6 nitrogen and oxygen atoms in total. The Bertz CT molecular complexity index is 764. The maximum absolute atomic E-state index is 11.9. The van der Waals surface area contributed by atoms with Gasteiger partial charge in [-0.1, -0.05) is 23.9 Å². The van der Waals surface area contributed by atoms with E-state index in [-0.39, 0.29) is 28.7 Å². The maximum Gasteiger partial charge on any atom is 0.262 e. The molecule has 0 aromatic heterocycles. The molecule has 1 amide bonds. The van der Waals surface area contributed by atoms with E-state index in [1.165, 1.54) is 11.8 Å². The average Bonchev–Trinajstić information content (AvgIpc) is 3.01. The van der Waals surface area contributed by atoms with Crippen molar-refractivity contribution in [3.63, 3.8) is 0 Å². The van der Waals surface area contributed by atoms with Crippen molar-refractivity contribution < 1.29 is 17.9 Å². The molecule has 0 aliphatic carbocycles. The molecule has 9 heteroatoms. The summed E-state index contributed by atoms with van der Waals surface area (Å²) >= 11 is 6.90. The predicted molar refractivity (Wildman–Crippen MR) is 95.5 cm³/mol. The molecule has 3 rings (SSSR count). The normalized spacial score (nSPS) is 26.6. The number of benzene rings is 1. The van der Waals surface area contributed by atoms with Gasteiger partial charge in [-0.2, -0.15) is 4.99 Å². The summed E-state index contributed by atoms with van der Waals surface area (Å²) in [6.07, 6.45) is 0. The van der Waals surface area contributed by atoms with Crippen LogP contribution in [0.1, 0.15) is 5.56 Å². The van der Waals surface area contributed by atoms with Gasteiger partial charge >= 0.3 is 0 Å². The Balaban J connectivity index is 1.86. The molecule has 2 aliphatic heterocycles. The number of nitrogens with zero attached hydrogens (tertiary/aromatic N) is 2. The zero-order chi connectivity index (χ0) is 17.3. The number of halogens is 1. The highest BCUT2D eigenvalue weighted by Crippen LogP contribution is 2.39. The number of sulfone groups is 1. The van der Waals surface area contributed by atoms with Gasteiger partial charge in [-0.25, -0.2) is 8.42 Å². The first-order valence-corrected chi connectivity index (χ1v) is 10.6. The van der Waals surface area contributed by atoms with E-state index in [0.717, 1.165) is 11.3 Å². The van der Waals surface area contributed by atoms with E-state index < -0.39 is 15.7 Å². The van der Waals surface area contributed by atoms with Gasteiger partial charge < -0.3 is 9.64 Å². The van der Waals surface area contributed by atoms with Crippen molar-refractivity contribution in [2.75, 3.05) is 24.5 Å². The van der Waals surface area contributed by atoms with Gasteiger partial charge in [-0.15, -0.1) is 11.6 Å². The number of aliphatic imine (C=N–C) groups is 1. The molecule has 0 saturated carbocycles. The highest BCUT2D eigenvalue weighted by molar-refractivity contribution is 8.15. The van der Waals surface area contributed by atoms with Crippen molar-refractivity contribution in [3.8, 4) is 5.75 Å². The number of hydrogen-bond acceptors (Lipinski definition) is 5. The number of fused-ring (bicyclic) bond motifs is 1. The van der Waals surface area contributed by atoms with Crippen LogP contribution in [0.5, 0.6) is 5.75 Å². The third-order valence-electron chi connectivity index (χ3n) is 4.02. The van der Waals surface area contributed by atoms with Crippen LogP contribution in [0.4, 0.5) is 0 Å². The lowest BCUT2D eigenvalue weighted by atomic mass is 10.1. The Hall–Kier alpha value is -1.25. The molecule has 0 unspecified atom stereocenters. The molecular formula is C15H17ClN2O4S2. The lowest BCUT2D eigenvalue weighted by molar-refractivity contribution is -0.115. The van der Waals surface area contributed by atoms with Crippen molar-refractivity contribution in [2.24, 2.45) is 4.99 Å². The number of rotatable bonds is 4. The van der Waals surface area contributed by atoms with Crippen LogP contribution in [0.25, 0.3) is 0 Å². The van der Waals surface area contributed by atoms with Crippen LogP contribution in [0, 0.1) is 0 Å². The lowest BCUT2D eigenvalue weighted by Crippen LogP contribution is -2.37. The quantitative estimate of drug-likeness (QED) is 0.728. The zero-order valence-electron chi connectivity index (χ0n) is 13.0. The summed E-state index contributed by atoms with van der Waals surface area (Å²) in [6, 6.07) is 7.37. The van der Waals surface area contributed by atoms with Crippen LogP contribution in [-0.2, 0) is 21.2 Å². The number of amides is 1. The molecule has 1 aromatic rings. The first-order chi connectivity index (χ1) is 11.4. The Morgan fingerprint density at radius 2 is 2.08 bits per heavy atom. The fraction of sp³-hybridized carbons (Fsp3) is 0.467. The second-order valence-corrected chi connectivity index (χ2v) is 9.33. The second-order valence-electron chi connectivity index (χ2n) is 5.70. The molecule has 0 radical (unpaired) electrons. The Morgan fingerprint density at radius 3 is 2.71 bits per heavy atom. The molecule has 2 saturated heterocycles. The summed E-state index contributed by atoms with van der Waals surface area (Å²) in [6.45, 7) is 0.488. The molecule has 0 N–H and O–H groups in total. The van der Waals surface area contributed by atoms with E-state index >= 15 is 0 Å². The van der Waals surface area contributed by atoms with Gasteiger partial charge in [0.15, 0.2) is 15.0 Å². The summed E-state index contributed by atoms with van der Waals surface area (Å²) in [5, 5.41) is 0.469. The fourth-order valence-electron chi connectivity index (χ4n) is 2.88. The number of amidine groups is 1. The first kappa shape index (κ1) is 17.6. The standard InChI is InChI=1S/C15H17ClN2O4S2/c1-22-11-4-2-10(3-5-11)7-18-12-8-24(20,21)9-13(12)23-15(18)17-14(19)6-16/h2-5,12-13H,6-9H2,1H3/t12-,13-/m1/s1. The minimum absolute atomic E-state index is 0.0878. The zero-order valence-corrected chi connectivity index (χ0v) is 15.4. The van der Waals surface area contributed by atoms with Gasteiger partial charge in [0, 0.05) is 11.8 Å². The molecule has 0 spiro atoms. The molecule has 2 atom stereocenters. The molecule has 130 valence electrons. The first-order valence-electron chi connectivity index (χ1n) is 7.36. The van der Waals surface area contributed by atoms with Gasteiger partial charge in [-0.05, 0) is 17.7 Å². The number of hydrogen-bond donors (Lipinski definition) is 0. The maximum atomic E-state index is 11.9. The fourth-order valence-corrected chi connectivity index (χ4v) is 6.91. The van der Waals surface area contributed by atoms with Crippen molar-refractivity contribution in [3.05, 3.63) is 29.8 Å². The molecule has 1 aromatic carbocycles. The monoisotopic (exact) mass is 388 g/mol. The van der Waals surface area contributed by atoms with E-state index in [4.69, 9.17) is 16.3 Å². The summed E-state index contributed by atoms with van der Waals surface area (Å²) < 4.78 is 29.0. The Kier molecular flexibility index (Phi) is 5.08. The number of thioether (sulfide) groups is 1. The number of alkyl halides is 1. The van der Waals surface area contributed by atoms with E-state index in [1.807, 2.05) is 29.2 Å². The van der Waals surface area contributed by atoms with Crippen molar-refractivity contribution in [2.45, 2.75) is 17.8 Å². The molecular weight excluding hydrogens is 372 g/mol. The minimum atomic E-state index is -3.05. The molecule has 2 heterocycles. The molecule has 0 bridgehead atoms. The predicted octanol–water partition coefficient (Wildman–Crippen LogP) is 1.53. The third-order valence-corrected chi connectivity index (χ3v) is 7.50. The summed E-state index contributed by atoms with van der Waals surface area (Å²) in [4.78, 5) is 17.6. The SMILES string of the molecule is COc1ccc(CN2C(=NC(=O)CCl)S[C@@H]3CS(=O)(=O)C[C@H]32)cc1. The lowest BCUT2D eigenvalue weighted by Gasteiger charge is -2.24. The highest BCUT2D eigenvalue weighted by Gasteiger charge is 2.48. The Morgan fingerprint density at radius 1 is 1.38 bits per heavy atom. The number of carbonyl (C=O) groups excluding carboxylic acids is 1. The van der Waals surface area contributed by atoms with E-state index in [2.05, 4.69) is 4.99 Å². The molecule has 2 aliphatic rings. The highest BCUT2D eigenvalue weighted by atomic mass is 35.5. The van der Waals surface area contributed by atoms with Gasteiger partial charge in [0.2, 0.25) is 0 Å². The van der Waals surface area contributed by atoms with Crippen LogP contribution in [0.2, 0.25) is 0 Å². The van der Waals surface area contributed by atoms with Gasteiger partial charge in [-0.3, -0.25) is 4.79 Å². The summed E-state index contributed by atoms with van der Waals surface area (Å²) in [5.74, 6) is 0.363. The van der Waals surface area contributed by atoms with Crippen molar-refractivity contribution in [1.29, 1.82) is 0 Å². The van der Waals surface area contributed by atoms with Crippen molar-refractivity contribution in [1.82, 2.24) is 4.90 Å². The molecule has 24 heavy (non-hydrogen) atoms. The van der Waals surface area contributed by atoms with Crippen LogP contribution in [0.15, 0.2) is 29.3 Å². The largest absolute Gasteiger partial charge is 0.497 e. The number of methoxy groups -OCH3 is 1. The van der Waals surface area contributed by atoms with Crippen molar-refractivity contribution >= 4 is 44.3 Å². The smallest absolute Gasteiger partial charge is 0.262 e. The van der Waals surface area contributed by atoms with Crippen LogP contribution in [-0.4, -0.2) is 60.2 Å². The third kappa shape index (κ3) is 3.70. The van der Waals surface area contributed by atoms with Gasteiger partial charge in [0.25, 0.3) is 5.91 Å². The van der Waals surface area contributed by atoms with Gasteiger partial charge in [0.05, 0.1) is 24.7 Å². The van der Waals surface area contributed by atoms with Gasteiger partial charge in [0.1, 0.15) is 11.6 Å². The van der Waals surface area contributed by atoms with E-state index in [1.54, 1.807) is 7.11 Å². The second kappa shape index (κ2) is 6.93. The Labute approximate surface area is 150 Å². The number of ether oxygens (including phenoxy) is 1. The van der Waals surface area contributed by atoms with E-state index in [0.29, 0.717) is 11.7 Å². The summed E-state index contributed by atoms with van der Waals surface area (Å²) in [5.41, 5.74) is 0.993. The molecule has 2 fully saturated rings. The number of carbonyl (C=O) groups is 1. The average molecular weight is 389 g/mol.